The fourth-order valence-electron chi connectivity index (χ4n) is 4.09. The molecular formula is C14H29N3. The molecule has 0 aromatic heterocycles. The van der Waals surface area contributed by atoms with Crippen LogP contribution in [-0.4, -0.2) is 54.1 Å². The molecule has 1 unspecified atom stereocenters. The molecule has 0 aromatic carbocycles. The van der Waals surface area contributed by atoms with E-state index in [2.05, 4.69) is 30.7 Å². The number of piperazine rings is 1. The monoisotopic (exact) mass is 239 g/mol. The first-order valence-corrected chi connectivity index (χ1v) is 7.21. The summed E-state index contributed by atoms with van der Waals surface area (Å²) in [6, 6.07) is 1.33. The topological polar surface area (TPSA) is 32.5 Å². The van der Waals surface area contributed by atoms with Gasteiger partial charge in [0.25, 0.3) is 0 Å². The van der Waals surface area contributed by atoms with Crippen molar-refractivity contribution in [1.29, 1.82) is 0 Å². The first kappa shape index (κ1) is 13.3. The van der Waals surface area contributed by atoms with E-state index in [1.165, 1.54) is 38.6 Å². The van der Waals surface area contributed by atoms with Gasteiger partial charge in [-0.2, -0.15) is 0 Å². The van der Waals surface area contributed by atoms with Crippen molar-refractivity contribution >= 4 is 0 Å². The van der Waals surface area contributed by atoms with Crippen LogP contribution in [-0.2, 0) is 0 Å². The summed E-state index contributed by atoms with van der Waals surface area (Å²) in [5, 5.41) is 0. The Morgan fingerprint density at radius 2 is 1.82 bits per heavy atom. The smallest absolute Gasteiger partial charge is 0.0354 e. The van der Waals surface area contributed by atoms with E-state index in [1.807, 2.05) is 0 Å². The molecule has 2 N–H and O–H groups in total. The van der Waals surface area contributed by atoms with Crippen molar-refractivity contribution in [2.24, 2.45) is 5.73 Å². The molecule has 3 heteroatoms. The van der Waals surface area contributed by atoms with E-state index in [9.17, 15) is 0 Å². The van der Waals surface area contributed by atoms with E-state index in [-0.39, 0.29) is 5.54 Å². The summed E-state index contributed by atoms with van der Waals surface area (Å²) in [5.41, 5.74) is 6.29. The third-order valence-corrected chi connectivity index (χ3v) is 4.51. The van der Waals surface area contributed by atoms with E-state index in [0.29, 0.717) is 6.04 Å². The molecule has 1 aliphatic heterocycles. The van der Waals surface area contributed by atoms with Crippen molar-refractivity contribution in [3.8, 4) is 0 Å². The number of hydrogen-bond acceptors (Lipinski definition) is 3. The summed E-state index contributed by atoms with van der Waals surface area (Å²) < 4.78 is 0. The van der Waals surface area contributed by atoms with Gasteiger partial charge in [-0.3, -0.25) is 4.90 Å². The second-order valence-corrected chi connectivity index (χ2v) is 6.60. The molecule has 2 rings (SSSR count). The molecule has 0 aromatic rings. The third kappa shape index (κ3) is 2.83. The van der Waals surface area contributed by atoms with Gasteiger partial charge in [0.15, 0.2) is 0 Å². The Hall–Kier alpha value is -0.120. The minimum atomic E-state index is 0.277. The lowest BCUT2D eigenvalue weighted by molar-refractivity contribution is -0.0525. The molecule has 0 spiro atoms. The van der Waals surface area contributed by atoms with Crippen molar-refractivity contribution < 1.29 is 0 Å². The molecule has 1 saturated carbocycles. The van der Waals surface area contributed by atoms with Gasteiger partial charge in [-0.1, -0.05) is 19.3 Å². The fraction of sp³-hybridized carbons (Fsp3) is 1.00. The van der Waals surface area contributed by atoms with Gasteiger partial charge >= 0.3 is 0 Å². The summed E-state index contributed by atoms with van der Waals surface area (Å²) in [7, 11) is 2.22. The zero-order valence-electron chi connectivity index (χ0n) is 11.8. The molecule has 1 heterocycles. The van der Waals surface area contributed by atoms with Crippen LogP contribution < -0.4 is 5.73 Å². The highest BCUT2D eigenvalue weighted by atomic mass is 15.3. The molecule has 1 atom stereocenters. The summed E-state index contributed by atoms with van der Waals surface area (Å²) in [5.74, 6) is 0. The van der Waals surface area contributed by atoms with Gasteiger partial charge in [-0.05, 0) is 33.7 Å². The number of rotatable bonds is 2. The number of hydrogen-bond donors (Lipinski definition) is 1. The van der Waals surface area contributed by atoms with Crippen LogP contribution in [0.4, 0.5) is 0 Å². The van der Waals surface area contributed by atoms with Crippen molar-refractivity contribution in [1.82, 2.24) is 9.80 Å². The standard InChI is InChI=1S/C14H29N3/c1-14(2)11-16(3)10-13(9-15)17(14)12-7-5-4-6-8-12/h12-13H,4-11,15H2,1-3H3. The van der Waals surface area contributed by atoms with Gasteiger partial charge in [0.1, 0.15) is 0 Å². The predicted octanol–water partition coefficient (Wildman–Crippen LogP) is 1.67. The third-order valence-electron chi connectivity index (χ3n) is 4.51. The average molecular weight is 239 g/mol. The SMILES string of the molecule is CN1CC(CN)N(C2CCCCC2)C(C)(C)C1. The van der Waals surface area contributed by atoms with E-state index in [0.717, 1.165) is 19.1 Å². The lowest BCUT2D eigenvalue weighted by atomic mass is 9.86. The minimum Gasteiger partial charge on any atom is -0.329 e. The van der Waals surface area contributed by atoms with Crippen LogP contribution >= 0.6 is 0 Å². The summed E-state index contributed by atoms with van der Waals surface area (Å²) in [6.07, 6.45) is 7.00. The summed E-state index contributed by atoms with van der Waals surface area (Å²) in [6.45, 7) is 7.88. The molecule has 17 heavy (non-hydrogen) atoms. The van der Waals surface area contributed by atoms with Crippen molar-refractivity contribution in [2.75, 3.05) is 26.7 Å². The van der Waals surface area contributed by atoms with Crippen molar-refractivity contribution in [3.05, 3.63) is 0 Å². The van der Waals surface area contributed by atoms with Crippen LogP contribution in [0.2, 0.25) is 0 Å². The quantitative estimate of drug-likeness (QED) is 0.795. The van der Waals surface area contributed by atoms with Gasteiger partial charge in [-0.15, -0.1) is 0 Å². The highest BCUT2D eigenvalue weighted by Crippen LogP contribution is 2.33. The van der Waals surface area contributed by atoms with E-state index in [4.69, 9.17) is 5.73 Å². The largest absolute Gasteiger partial charge is 0.329 e. The van der Waals surface area contributed by atoms with Crippen LogP contribution in [0.15, 0.2) is 0 Å². The number of nitrogens with two attached hydrogens (primary N) is 1. The maximum absolute atomic E-state index is 6.02. The molecule has 0 amide bonds. The lowest BCUT2D eigenvalue weighted by Gasteiger charge is -2.55. The fourth-order valence-corrected chi connectivity index (χ4v) is 4.09. The molecule has 2 aliphatic rings. The molecular weight excluding hydrogens is 210 g/mol. The van der Waals surface area contributed by atoms with E-state index in [1.54, 1.807) is 0 Å². The Balaban J connectivity index is 2.14. The zero-order chi connectivity index (χ0) is 12.5. The van der Waals surface area contributed by atoms with Crippen molar-refractivity contribution in [2.45, 2.75) is 63.6 Å². The van der Waals surface area contributed by atoms with Crippen LogP contribution in [0, 0.1) is 0 Å². The maximum atomic E-state index is 6.02. The minimum absolute atomic E-state index is 0.277. The van der Waals surface area contributed by atoms with E-state index < -0.39 is 0 Å². The van der Waals surface area contributed by atoms with Crippen LogP contribution in [0.25, 0.3) is 0 Å². The Bertz CT molecular complexity index is 244. The van der Waals surface area contributed by atoms with Gasteiger partial charge in [0.05, 0.1) is 0 Å². The summed E-state index contributed by atoms with van der Waals surface area (Å²) >= 11 is 0. The van der Waals surface area contributed by atoms with Gasteiger partial charge < -0.3 is 10.6 Å². The second kappa shape index (κ2) is 5.25. The Kier molecular flexibility index (Phi) is 4.11. The molecule has 0 radical (unpaired) electrons. The first-order valence-electron chi connectivity index (χ1n) is 7.21. The molecule has 100 valence electrons. The Morgan fingerprint density at radius 3 is 2.41 bits per heavy atom. The van der Waals surface area contributed by atoms with Crippen molar-refractivity contribution in [3.63, 3.8) is 0 Å². The molecule has 2 fully saturated rings. The van der Waals surface area contributed by atoms with Gasteiger partial charge in [0, 0.05) is 37.3 Å². The summed E-state index contributed by atoms with van der Waals surface area (Å²) in [4.78, 5) is 5.20. The zero-order valence-corrected chi connectivity index (χ0v) is 11.8. The molecule has 1 aliphatic carbocycles. The highest BCUT2D eigenvalue weighted by Gasteiger charge is 2.41. The normalized spacial score (nSPS) is 32.8. The van der Waals surface area contributed by atoms with Gasteiger partial charge in [-0.25, -0.2) is 0 Å². The molecule has 0 bridgehead atoms. The van der Waals surface area contributed by atoms with Gasteiger partial charge in [0.2, 0.25) is 0 Å². The second-order valence-electron chi connectivity index (χ2n) is 6.60. The number of likely N-dealkylation sites (N-methyl/N-ethyl adjacent to an activating group) is 1. The maximum Gasteiger partial charge on any atom is 0.0354 e. The highest BCUT2D eigenvalue weighted by molar-refractivity contribution is 4.98. The first-order chi connectivity index (χ1) is 8.04. The number of nitrogens with zero attached hydrogens (tertiary/aromatic N) is 2. The predicted molar refractivity (Wildman–Crippen MR) is 73.1 cm³/mol. The Morgan fingerprint density at radius 1 is 1.18 bits per heavy atom. The van der Waals surface area contributed by atoms with E-state index >= 15 is 0 Å². The molecule has 3 nitrogen and oxygen atoms in total. The average Bonchev–Trinajstić information content (AvgIpc) is 2.27. The molecule has 1 saturated heterocycles. The van der Waals surface area contributed by atoms with Crippen LogP contribution in [0.3, 0.4) is 0 Å². The lowest BCUT2D eigenvalue weighted by Crippen LogP contribution is -2.67. The Labute approximate surface area is 106 Å². The van der Waals surface area contributed by atoms with Crippen LogP contribution in [0.5, 0.6) is 0 Å². The van der Waals surface area contributed by atoms with Crippen LogP contribution in [0.1, 0.15) is 46.0 Å².